The standard InChI is InChI=1S/C12H8Cl2N2O/c1-7-3-2-6-16-10(7)11(14)15-12(16)8-4-5-9(13)17-8/h2-6H,1H3. The second kappa shape index (κ2) is 3.79. The van der Waals surface area contributed by atoms with E-state index in [1.807, 2.05) is 29.7 Å². The summed E-state index contributed by atoms with van der Waals surface area (Å²) in [4.78, 5) is 4.31. The molecule has 0 aliphatic rings. The van der Waals surface area contributed by atoms with Gasteiger partial charge in [0, 0.05) is 6.20 Å². The second-order valence-corrected chi connectivity index (χ2v) is 4.47. The molecule has 0 amide bonds. The molecule has 0 saturated carbocycles. The molecule has 0 spiro atoms. The first-order valence-electron chi connectivity index (χ1n) is 5.05. The van der Waals surface area contributed by atoms with Crippen molar-refractivity contribution < 1.29 is 4.42 Å². The lowest BCUT2D eigenvalue weighted by molar-refractivity contribution is 0.579. The minimum absolute atomic E-state index is 0.334. The number of halogens is 2. The summed E-state index contributed by atoms with van der Waals surface area (Å²) in [6, 6.07) is 7.38. The van der Waals surface area contributed by atoms with Crippen LogP contribution in [-0.2, 0) is 0 Å². The van der Waals surface area contributed by atoms with E-state index in [0.717, 1.165) is 11.1 Å². The molecule has 3 heterocycles. The predicted molar refractivity (Wildman–Crippen MR) is 67.7 cm³/mol. The number of aromatic nitrogens is 2. The summed E-state index contributed by atoms with van der Waals surface area (Å²) in [5, 5.41) is 0.797. The number of hydrogen-bond donors (Lipinski definition) is 0. The topological polar surface area (TPSA) is 30.4 Å². The third-order valence-electron chi connectivity index (χ3n) is 2.62. The van der Waals surface area contributed by atoms with Crippen molar-refractivity contribution in [1.82, 2.24) is 9.38 Å². The summed E-state index contributed by atoms with van der Waals surface area (Å²) in [5.41, 5.74) is 1.95. The van der Waals surface area contributed by atoms with Crippen molar-refractivity contribution >= 4 is 28.7 Å². The van der Waals surface area contributed by atoms with Crippen LogP contribution in [0.5, 0.6) is 0 Å². The molecule has 3 aromatic heterocycles. The van der Waals surface area contributed by atoms with Gasteiger partial charge in [0.1, 0.15) is 0 Å². The summed E-state index contributed by atoms with van der Waals surface area (Å²) < 4.78 is 7.25. The minimum Gasteiger partial charge on any atom is -0.441 e. The van der Waals surface area contributed by atoms with Crippen LogP contribution in [0.1, 0.15) is 5.56 Å². The van der Waals surface area contributed by atoms with Crippen molar-refractivity contribution in [2.24, 2.45) is 0 Å². The maximum atomic E-state index is 6.13. The van der Waals surface area contributed by atoms with E-state index in [9.17, 15) is 0 Å². The summed E-state index contributed by atoms with van der Waals surface area (Å²) in [7, 11) is 0. The molecule has 0 radical (unpaired) electrons. The molecule has 5 heteroatoms. The molecular formula is C12H8Cl2N2O. The van der Waals surface area contributed by atoms with Crippen molar-refractivity contribution in [3.63, 3.8) is 0 Å². The Hall–Kier alpha value is -1.45. The fourth-order valence-corrected chi connectivity index (χ4v) is 2.33. The first-order chi connectivity index (χ1) is 8.16. The highest BCUT2D eigenvalue weighted by atomic mass is 35.5. The number of rotatable bonds is 1. The Morgan fingerprint density at radius 1 is 1.24 bits per heavy atom. The third-order valence-corrected chi connectivity index (χ3v) is 3.08. The molecule has 0 aromatic carbocycles. The number of furan rings is 1. The molecular weight excluding hydrogens is 259 g/mol. The molecule has 0 unspecified atom stereocenters. The van der Waals surface area contributed by atoms with Gasteiger partial charge in [0.15, 0.2) is 22.0 Å². The van der Waals surface area contributed by atoms with Gasteiger partial charge in [-0.3, -0.25) is 4.40 Å². The van der Waals surface area contributed by atoms with Crippen LogP contribution in [0.3, 0.4) is 0 Å². The first-order valence-corrected chi connectivity index (χ1v) is 5.81. The quantitative estimate of drug-likeness (QED) is 0.661. The highest BCUT2D eigenvalue weighted by Crippen LogP contribution is 2.29. The van der Waals surface area contributed by atoms with Gasteiger partial charge in [0.05, 0.1) is 5.52 Å². The number of aryl methyl sites for hydroxylation is 1. The Morgan fingerprint density at radius 3 is 2.76 bits per heavy atom. The molecule has 0 saturated heterocycles. The van der Waals surface area contributed by atoms with Gasteiger partial charge in [-0.1, -0.05) is 17.7 Å². The Labute approximate surface area is 108 Å². The van der Waals surface area contributed by atoms with E-state index in [2.05, 4.69) is 4.98 Å². The van der Waals surface area contributed by atoms with Gasteiger partial charge in [-0.25, -0.2) is 4.98 Å². The van der Waals surface area contributed by atoms with Crippen molar-refractivity contribution in [3.05, 3.63) is 46.4 Å². The van der Waals surface area contributed by atoms with Crippen molar-refractivity contribution in [3.8, 4) is 11.6 Å². The Morgan fingerprint density at radius 2 is 2.06 bits per heavy atom. The fourth-order valence-electron chi connectivity index (χ4n) is 1.86. The molecule has 3 aromatic rings. The van der Waals surface area contributed by atoms with E-state index >= 15 is 0 Å². The zero-order chi connectivity index (χ0) is 12.0. The number of hydrogen-bond acceptors (Lipinski definition) is 2. The van der Waals surface area contributed by atoms with E-state index in [4.69, 9.17) is 27.6 Å². The van der Waals surface area contributed by atoms with E-state index in [-0.39, 0.29) is 0 Å². The van der Waals surface area contributed by atoms with Crippen LogP contribution in [0.4, 0.5) is 0 Å². The van der Waals surface area contributed by atoms with Crippen LogP contribution in [0.15, 0.2) is 34.9 Å². The lowest BCUT2D eigenvalue weighted by Crippen LogP contribution is -1.88. The van der Waals surface area contributed by atoms with Crippen LogP contribution in [0.25, 0.3) is 17.1 Å². The van der Waals surface area contributed by atoms with Crippen LogP contribution in [0.2, 0.25) is 10.4 Å². The number of imidazole rings is 1. The number of fused-ring (bicyclic) bond motifs is 1. The monoisotopic (exact) mass is 266 g/mol. The van der Waals surface area contributed by atoms with Crippen molar-refractivity contribution in [2.45, 2.75) is 6.92 Å². The zero-order valence-corrected chi connectivity index (χ0v) is 10.5. The molecule has 86 valence electrons. The van der Waals surface area contributed by atoms with Gasteiger partial charge in [-0.15, -0.1) is 0 Å². The van der Waals surface area contributed by atoms with E-state index in [1.54, 1.807) is 12.1 Å². The highest BCUT2D eigenvalue weighted by molar-refractivity contribution is 6.33. The van der Waals surface area contributed by atoms with Crippen LogP contribution >= 0.6 is 23.2 Å². The van der Waals surface area contributed by atoms with Gasteiger partial charge in [0.2, 0.25) is 0 Å². The van der Waals surface area contributed by atoms with Crippen LogP contribution < -0.4 is 0 Å². The van der Waals surface area contributed by atoms with Gasteiger partial charge in [-0.05, 0) is 42.3 Å². The molecule has 0 N–H and O–H groups in total. The van der Waals surface area contributed by atoms with Gasteiger partial charge < -0.3 is 4.42 Å². The maximum absolute atomic E-state index is 6.13. The third kappa shape index (κ3) is 1.63. The average Bonchev–Trinajstić information content (AvgIpc) is 2.84. The van der Waals surface area contributed by atoms with Gasteiger partial charge in [-0.2, -0.15) is 0 Å². The molecule has 0 atom stereocenters. The Balaban J connectivity index is 2.35. The maximum Gasteiger partial charge on any atom is 0.194 e. The molecule has 3 rings (SSSR count). The normalized spacial score (nSPS) is 11.2. The van der Waals surface area contributed by atoms with Crippen molar-refractivity contribution in [1.29, 1.82) is 0 Å². The summed E-state index contributed by atoms with van der Waals surface area (Å²) in [6.07, 6.45) is 1.90. The Bertz CT molecular complexity index is 700. The molecule has 0 aliphatic heterocycles. The smallest absolute Gasteiger partial charge is 0.194 e. The molecule has 17 heavy (non-hydrogen) atoms. The summed E-state index contributed by atoms with van der Waals surface area (Å²) in [6.45, 7) is 1.99. The van der Waals surface area contributed by atoms with Gasteiger partial charge in [0.25, 0.3) is 0 Å². The minimum atomic E-state index is 0.334. The lowest BCUT2D eigenvalue weighted by Gasteiger charge is -1.99. The molecule has 0 bridgehead atoms. The first kappa shape index (κ1) is 10.7. The largest absolute Gasteiger partial charge is 0.441 e. The number of pyridine rings is 1. The zero-order valence-electron chi connectivity index (χ0n) is 8.95. The molecule has 3 nitrogen and oxygen atoms in total. The van der Waals surface area contributed by atoms with E-state index in [0.29, 0.717) is 22.0 Å². The van der Waals surface area contributed by atoms with Crippen LogP contribution in [-0.4, -0.2) is 9.38 Å². The van der Waals surface area contributed by atoms with Gasteiger partial charge >= 0.3 is 0 Å². The predicted octanol–water partition coefficient (Wildman–Crippen LogP) is 4.21. The summed E-state index contributed by atoms with van der Waals surface area (Å²) >= 11 is 11.9. The van der Waals surface area contributed by atoms with E-state index in [1.165, 1.54) is 0 Å². The van der Waals surface area contributed by atoms with Crippen molar-refractivity contribution in [2.75, 3.05) is 0 Å². The molecule has 0 fully saturated rings. The van der Waals surface area contributed by atoms with E-state index < -0.39 is 0 Å². The average molecular weight is 267 g/mol. The fraction of sp³-hybridized carbons (Fsp3) is 0.0833. The number of nitrogens with zero attached hydrogens (tertiary/aromatic N) is 2. The highest BCUT2D eigenvalue weighted by Gasteiger charge is 2.15. The Kier molecular flexibility index (Phi) is 2.38. The summed E-state index contributed by atoms with van der Waals surface area (Å²) in [5.74, 6) is 1.25. The SMILES string of the molecule is Cc1cccn2c(-c3ccc(Cl)o3)nc(Cl)c12. The van der Waals surface area contributed by atoms with Crippen LogP contribution in [0, 0.1) is 6.92 Å². The molecule has 0 aliphatic carbocycles. The lowest BCUT2D eigenvalue weighted by atomic mass is 10.2. The second-order valence-electron chi connectivity index (χ2n) is 3.74.